The van der Waals surface area contributed by atoms with E-state index < -0.39 is 0 Å². The molecule has 0 bridgehead atoms. The van der Waals surface area contributed by atoms with Crippen molar-refractivity contribution in [2.24, 2.45) is 0 Å². The SMILES string of the molecule is CC1(C)c2ccccc2-c2c1cc1sc3ccc(N(c4ccccc4)c4ccc(-c5ccc(-c6ccccc6)cc5)cc4)cc3c1c2-c1ccccc1. The minimum atomic E-state index is -0.0782. The second-order valence-electron chi connectivity index (χ2n) is 14.5. The van der Waals surface area contributed by atoms with E-state index >= 15 is 0 Å². The molecule has 1 aliphatic carbocycles. The van der Waals surface area contributed by atoms with Crippen LogP contribution < -0.4 is 4.90 Å². The monoisotopic (exact) mass is 695 g/mol. The lowest BCUT2D eigenvalue weighted by Gasteiger charge is -2.26. The quantitative estimate of drug-likeness (QED) is 0.167. The Morgan fingerprint density at radius 1 is 0.396 bits per heavy atom. The fourth-order valence-electron chi connectivity index (χ4n) is 8.44. The molecule has 2 heteroatoms. The highest BCUT2D eigenvalue weighted by Crippen LogP contribution is 2.56. The molecule has 1 heterocycles. The number of fused-ring (bicyclic) bond motifs is 6. The van der Waals surface area contributed by atoms with E-state index in [-0.39, 0.29) is 5.41 Å². The first-order valence-corrected chi connectivity index (χ1v) is 19.2. The van der Waals surface area contributed by atoms with E-state index in [2.05, 4.69) is 207 Å². The summed E-state index contributed by atoms with van der Waals surface area (Å²) in [7, 11) is 0. The largest absolute Gasteiger partial charge is 0.310 e. The van der Waals surface area contributed by atoms with Crippen LogP contribution >= 0.6 is 11.3 Å². The van der Waals surface area contributed by atoms with Crippen molar-refractivity contribution in [3.05, 3.63) is 199 Å². The molecule has 0 amide bonds. The molecule has 0 fully saturated rings. The summed E-state index contributed by atoms with van der Waals surface area (Å²) in [6.45, 7) is 4.76. The summed E-state index contributed by atoms with van der Waals surface area (Å²) in [5, 5.41) is 2.63. The number of para-hydroxylation sites is 1. The maximum absolute atomic E-state index is 2.49. The third kappa shape index (κ3) is 5.21. The standard InChI is InChI=1S/C51H37NS/c1-51(2)44-21-13-12-20-42(44)49-45(51)33-47-50(48(49)38-16-8-4-9-17-38)43-32-41(30-31-46(43)53-47)52(39-18-10-5-11-19-39)40-28-26-37(27-29-40)36-24-22-35(23-25-36)34-14-6-3-7-15-34/h3-33H,1-2H3. The van der Waals surface area contributed by atoms with Crippen LogP contribution in [0.2, 0.25) is 0 Å². The molecule has 8 aromatic carbocycles. The number of anilines is 3. The molecule has 1 nitrogen and oxygen atoms in total. The summed E-state index contributed by atoms with van der Waals surface area (Å²) in [4.78, 5) is 2.39. The van der Waals surface area contributed by atoms with Gasteiger partial charge in [-0.2, -0.15) is 0 Å². The van der Waals surface area contributed by atoms with Crippen LogP contribution in [-0.4, -0.2) is 0 Å². The van der Waals surface area contributed by atoms with E-state index in [4.69, 9.17) is 0 Å². The molecular weight excluding hydrogens is 659 g/mol. The summed E-state index contributed by atoms with van der Waals surface area (Å²) in [6, 6.07) is 68.7. The molecule has 9 aromatic rings. The van der Waals surface area contributed by atoms with Crippen molar-refractivity contribution in [2.75, 3.05) is 4.90 Å². The van der Waals surface area contributed by atoms with Gasteiger partial charge < -0.3 is 4.90 Å². The zero-order valence-corrected chi connectivity index (χ0v) is 30.6. The van der Waals surface area contributed by atoms with Gasteiger partial charge >= 0.3 is 0 Å². The topological polar surface area (TPSA) is 3.24 Å². The van der Waals surface area contributed by atoms with Gasteiger partial charge in [0.15, 0.2) is 0 Å². The van der Waals surface area contributed by atoms with Crippen molar-refractivity contribution in [2.45, 2.75) is 19.3 Å². The zero-order valence-electron chi connectivity index (χ0n) is 29.8. The molecule has 53 heavy (non-hydrogen) atoms. The molecule has 0 N–H and O–H groups in total. The zero-order chi connectivity index (χ0) is 35.5. The fraction of sp³-hybridized carbons (Fsp3) is 0.0588. The van der Waals surface area contributed by atoms with Crippen LogP contribution in [0.5, 0.6) is 0 Å². The van der Waals surface area contributed by atoms with Crippen LogP contribution in [0.3, 0.4) is 0 Å². The van der Waals surface area contributed by atoms with Gasteiger partial charge in [0.25, 0.3) is 0 Å². The van der Waals surface area contributed by atoms with Gasteiger partial charge in [-0.15, -0.1) is 11.3 Å². The Morgan fingerprint density at radius 3 is 1.57 bits per heavy atom. The van der Waals surface area contributed by atoms with Crippen LogP contribution in [0.1, 0.15) is 25.0 Å². The van der Waals surface area contributed by atoms with Crippen LogP contribution in [0, 0.1) is 0 Å². The molecule has 252 valence electrons. The predicted molar refractivity (Wildman–Crippen MR) is 228 cm³/mol. The van der Waals surface area contributed by atoms with E-state index in [1.165, 1.54) is 75.8 Å². The molecule has 0 aliphatic heterocycles. The Bertz CT molecular complexity index is 2760. The van der Waals surface area contributed by atoms with Crippen molar-refractivity contribution in [3.63, 3.8) is 0 Å². The van der Waals surface area contributed by atoms with Gasteiger partial charge in [0.05, 0.1) is 0 Å². The molecule has 1 aliphatic rings. The minimum Gasteiger partial charge on any atom is -0.310 e. The first kappa shape index (κ1) is 31.5. The van der Waals surface area contributed by atoms with Crippen molar-refractivity contribution in [1.29, 1.82) is 0 Å². The predicted octanol–water partition coefficient (Wildman–Crippen LogP) is 14.8. The van der Waals surface area contributed by atoms with Gasteiger partial charge in [0.2, 0.25) is 0 Å². The third-order valence-corrected chi connectivity index (χ3v) is 12.2. The smallest absolute Gasteiger partial charge is 0.0468 e. The number of nitrogens with zero attached hydrogens (tertiary/aromatic N) is 1. The molecule has 0 saturated carbocycles. The van der Waals surface area contributed by atoms with Crippen molar-refractivity contribution in [1.82, 2.24) is 0 Å². The van der Waals surface area contributed by atoms with Gasteiger partial charge in [-0.3, -0.25) is 0 Å². The number of hydrogen-bond donors (Lipinski definition) is 0. The maximum atomic E-state index is 2.49. The van der Waals surface area contributed by atoms with Crippen molar-refractivity contribution < 1.29 is 0 Å². The second-order valence-corrected chi connectivity index (χ2v) is 15.6. The summed E-state index contributed by atoms with van der Waals surface area (Å²) < 4.78 is 2.64. The Balaban J connectivity index is 1.13. The van der Waals surface area contributed by atoms with E-state index in [0.29, 0.717) is 0 Å². The van der Waals surface area contributed by atoms with E-state index in [1.54, 1.807) is 0 Å². The Kier molecular flexibility index (Phi) is 7.42. The fourth-order valence-corrected chi connectivity index (χ4v) is 9.57. The first-order chi connectivity index (χ1) is 26.0. The van der Waals surface area contributed by atoms with Crippen LogP contribution in [0.25, 0.3) is 64.7 Å². The number of hydrogen-bond acceptors (Lipinski definition) is 2. The average molecular weight is 696 g/mol. The van der Waals surface area contributed by atoms with Crippen molar-refractivity contribution in [3.8, 4) is 44.5 Å². The van der Waals surface area contributed by atoms with Crippen LogP contribution in [0.4, 0.5) is 17.1 Å². The highest BCUT2D eigenvalue weighted by atomic mass is 32.1. The third-order valence-electron chi connectivity index (χ3n) is 11.1. The van der Waals surface area contributed by atoms with E-state index in [9.17, 15) is 0 Å². The second kappa shape index (κ2) is 12.5. The molecule has 0 spiro atoms. The van der Waals surface area contributed by atoms with Gasteiger partial charge in [-0.25, -0.2) is 0 Å². The first-order valence-electron chi connectivity index (χ1n) is 18.3. The van der Waals surface area contributed by atoms with E-state index in [1.807, 2.05) is 11.3 Å². The molecular formula is C51H37NS. The molecule has 0 saturated heterocycles. The van der Waals surface area contributed by atoms with E-state index in [0.717, 1.165) is 17.1 Å². The number of rotatable bonds is 6. The summed E-state index contributed by atoms with van der Waals surface area (Å²) in [5.41, 5.74) is 16.3. The molecule has 10 rings (SSSR count). The molecule has 0 unspecified atom stereocenters. The highest BCUT2D eigenvalue weighted by molar-refractivity contribution is 7.26. The van der Waals surface area contributed by atoms with Crippen LogP contribution in [-0.2, 0) is 5.41 Å². The lowest BCUT2D eigenvalue weighted by atomic mass is 9.81. The van der Waals surface area contributed by atoms with Gasteiger partial charge in [-0.1, -0.05) is 153 Å². The number of benzene rings is 8. The molecule has 0 atom stereocenters. The summed E-state index contributed by atoms with van der Waals surface area (Å²) >= 11 is 1.91. The van der Waals surface area contributed by atoms with Gasteiger partial charge in [0, 0.05) is 42.6 Å². The lowest BCUT2D eigenvalue weighted by molar-refractivity contribution is 0.661. The Hall–Kier alpha value is -6.22. The van der Waals surface area contributed by atoms with Gasteiger partial charge in [-0.05, 0) is 104 Å². The lowest BCUT2D eigenvalue weighted by Crippen LogP contribution is -2.14. The Labute approximate surface area is 315 Å². The minimum absolute atomic E-state index is 0.0782. The maximum Gasteiger partial charge on any atom is 0.0468 e. The number of thiophene rings is 1. The highest BCUT2D eigenvalue weighted by Gasteiger charge is 2.38. The van der Waals surface area contributed by atoms with Crippen LogP contribution in [0.15, 0.2) is 188 Å². The normalized spacial score (nSPS) is 12.9. The molecule has 0 radical (unpaired) electrons. The van der Waals surface area contributed by atoms with Crippen molar-refractivity contribution >= 4 is 48.6 Å². The Morgan fingerprint density at radius 2 is 0.906 bits per heavy atom. The summed E-state index contributed by atoms with van der Waals surface area (Å²) in [6.07, 6.45) is 0. The summed E-state index contributed by atoms with van der Waals surface area (Å²) in [5.74, 6) is 0. The average Bonchev–Trinajstić information content (AvgIpc) is 3.70. The van der Waals surface area contributed by atoms with Gasteiger partial charge in [0.1, 0.15) is 0 Å². The molecule has 1 aromatic heterocycles.